The number of aromatic nitrogens is 4. The lowest BCUT2D eigenvalue weighted by Gasteiger charge is -2.21. The van der Waals surface area contributed by atoms with Crippen molar-refractivity contribution in [1.29, 1.82) is 0 Å². The number of rotatable bonds is 4. The van der Waals surface area contributed by atoms with Crippen LogP contribution in [0.2, 0.25) is 0 Å². The number of nitrogen functional groups attached to an aromatic ring is 1. The van der Waals surface area contributed by atoms with Crippen molar-refractivity contribution < 1.29 is 4.79 Å². The molecule has 7 heteroatoms. The van der Waals surface area contributed by atoms with Gasteiger partial charge in [-0.3, -0.25) is 14.2 Å². The van der Waals surface area contributed by atoms with Crippen LogP contribution in [0.5, 0.6) is 0 Å². The maximum absolute atomic E-state index is 12.3. The van der Waals surface area contributed by atoms with E-state index in [1.54, 1.807) is 46.7 Å². The number of carbonyl (C=O) groups is 1. The third-order valence-electron chi connectivity index (χ3n) is 2.94. The molecule has 0 aromatic carbocycles. The van der Waals surface area contributed by atoms with Gasteiger partial charge in [0.1, 0.15) is 11.9 Å². The lowest BCUT2D eigenvalue weighted by molar-refractivity contribution is -0.133. The molecule has 102 valence electrons. The number of nitrogens with two attached hydrogens (primary N) is 1. The fourth-order valence-corrected chi connectivity index (χ4v) is 1.91. The van der Waals surface area contributed by atoms with Gasteiger partial charge in [-0.1, -0.05) is 0 Å². The Morgan fingerprint density at radius 2 is 2.32 bits per heavy atom. The minimum absolute atomic E-state index is 0.0213. The van der Waals surface area contributed by atoms with E-state index in [0.29, 0.717) is 12.4 Å². The van der Waals surface area contributed by atoms with Crippen LogP contribution in [0.3, 0.4) is 0 Å². The molecule has 0 fully saturated rings. The monoisotopic (exact) mass is 262 g/mol. The van der Waals surface area contributed by atoms with E-state index in [1.807, 2.05) is 13.2 Å². The molecule has 0 radical (unpaired) electrons. The molecular formula is C12H18N6O. The van der Waals surface area contributed by atoms with Crippen LogP contribution >= 0.6 is 0 Å². The number of likely N-dealkylation sites (N-methyl/N-ethyl adjacent to an activating group) is 1. The molecule has 7 nitrogen and oxygen atoms in total. The van der Waals surface area contributed by atoms with E-state index < -0.39 is 0 Å². The molecule has 2 heterocycles. The number of hydrogen-bond donors (Lipinski definition) is 1. The molecule has 0 saturated heterocycles. The fraction of sp³-hybridized carbons (Fsp3) is 0.417. The molecule has 0 saturated carbocycles. The summed E-state index contributed by atoms with van der Waals surface area (Å²) in [6, 6.07) is 1.30. The van der Waals surface area contributed by atoms with Crippen LogP contribution in [0.4, 0.5) is 5.82 Å². The molecule has 2 aromatic heterocycles. The van der Waals surface area contributed by atoms with E-state index in [9.17, 15) is 4.79 Å². The topological polar surface area (TPSA) is 82.0 Å². The molecule has 0 spiro atoms. The highest BCUT2D eigenvalue weighted by atomic mass is 16.2. The second kappa shape index (κ2) is 5.13. The van der Waals surface area contributed by atoms with Gasteiger partial charge in [-0.2, -0.15) is 10.2 Å². The number of carbonyl (C=O) groups excluding carboxylic acids is 1. The molecular weight excluding hydrogens is 244 g/mol. The minimum Gasteiger partial charge on any atom is -0.382 e. The summed E-state index contributed by atoms with van der Waals surface area (Å²) in [5, 5.41) is 8.14. The van der Waals surface area contributed by atoms with Crippen molar-refractivity contribution in [2.24, 2.45) is 7.05 Å². The summed E-state index contributed by atoms with van der Waals surface area (Å²) in [4.78, 5) is 13.9. The van der Waals surface area contributed by atoms with E-state index >= 15 is 0 Å². The Morgan fingerprint density at radius 1 is 1.58 bits per heavy atom. The average Bonchev–Trinajstić information content (AvgIpc) is 2.96. The van der Waals surface area contributed by atoms with Crippen LogP contribution in [0.15, 0.2) is 24.7 Å². The number of anilines is 1. The van der Waals surface area contributed by atoms with Crippen molar-refractivity contribution in [3.05, 3.63) is 30.2 Å². The Hall–Kier alpha value is -2.31. The lowest BCUT2D eigenvalue weighted by atomic mass is 10.2. The van der Waals surface area contributed by atoms with Gasteiger partial charge < -0.3 is 10.6 Å². The Kier molecular flexibility index (Phi) is 3.55. The zero-order valence-electron chi connectivity index (χ0n) is 11.3. The van der Waals surface area contributed by atoms with Gasteiger partial charge in [0.25, 0.3) is 0 Å². The molecule has 1 amide bonds. The predicted octanol–water partition coefficient (Wildman–Crippen LogP) is 0.418. The van der Waals surface area contributed by atoms with Crippen LogP contribution in [0, 0.1) is 0 Å². The number of amides is 1. The zero-order chi connectivity index (χ0) is 14.0. The average molecular weight is 262 g/mol. The van der Waals surface area contributed by atoms with E-state index in [4.69, 9.17) is 5.73 Å². The van der Waals surface area contributed by atoms with Gasteiger partial charge in [-0.15, -0.1) is 0 Å². The summed E-state index contributed by atoms with van der Waals surface area (Å²) >= 11 is 0. The second-order valence-corrected chi connectivity index (χ2v) is 4.61. The SMILES string of the molecule is CC(C(=O)N(C)Cc1cnn(C)c1)n1ccc(N)n1. The van der Waals surface area contributed by atoms with Crippen molar-refractivity contribution in [1.82, 2.24) is 24.5 Å². The number of nitrogens with zero attached hydrogens (tertiary/aromatic N) is 5. The van der Waals surface area contributed by atoms with Crippen molar-refractivity contribution in [2.75, 3.05) is 12.8 Å². The van der Waals surface area contributed by atoms with Crippen LogP contribution in [-0.4, -0.2) is 37.4 Å². The molecule has 0 aliphatic heterocycles. The van der Waals surface area contributed by atoms with Crippen molar-refractivity contribution in [2.45, 2.75) is 19.5 Å². The smallest absolute Gasteiger partial charge is 0.247 e. The summed E-state index contributed by atoms with van der Waals surface area (Å²) in [5.74, 6) is 0.390. The fourth-order valence-electron chi connectivity index (χ4n) is 1.91. The van der Waals surface area contributed by atoms with Gasteiger partial charge in [-0.05, 0) is 13.0 Å². The quantitative estimate of drug-likeness (QED) is 0.865. The lowest BCUT2D eigenvalue weighted by Crippen LogP contribution is -2.32. The molecule has 1 atom stereocenters. The highest BCUT2D eigenvalue weighted by Gasteiger charge is 2.20. The van der Waals surface area contributed by atoms with Crippen LogP contribution in [0.25, 0.3) is 0 Å². The standard InChI is InChI=1S/C12H18N6O/c1-9(18-5-4-11(13)15-18)12(19)16(2)7-10-6-14-17(3)8-10/h4-6,8-9H,7H2,1-3H3,(H2,13,15). The molecule has 0 bridgehead atoms. The summed E-state index contributed by atoms with van der Waals surface area (Å²) in [6.07, 6.45) is 5.34. The minimum atomic E-state index is -0.376. The highest BCUT2D eigenvalue weighted by Crippen LogP contribution is 2.12. The first-order chi connectivity index (χ1) is 8.97. The summed E-state index contributed by atoms with van der Waals surface area (Å²) in [6.45, 7) is 2.32. The Balaban J connectivity index is 2.02. The Bertz CT molecular complexity index is 572. The van der Waals surface area contributed by atoms with Crippen molar-refractivity contribution in [3.8, 4) is 0 Å². The van der Waals surface area contributed by atoms with E-state index in [2.05, 4.69) is 10.2 Å². The zero-order valence-corrected chi connectivity index (χ0v) is 11.3. The maximum Gasteiger partial charge on any atom is 0.247 e. The summed E-state index contributed by atoms with van der Waals surface area (Å²) in [7, 11) is 3.61. The van der Waals surface area contributed by atoms with Crippen molar-refractivity contribution >= 4 is 11.7 Å². The molecule has 2 aromatic rings. The Morgan fingerprint density at radius 3 is 2.84 bits per heavy atom. The van der Waals surface area contributed by atoms with Crippen LogP contribution in [-0.2, 0) is 18.4 Å². The van der Waals surface area contributed by atoms with Gasteiger partial charge in [0.15, 0.2) is 0 Å². The third-order valence-corrected chi connectivity index (χ3v) is 2.94. The van der Waals surface area contributed by atoms with Gasteiger partial charge in [0.2, 0.25) is 5.91 Å². The molecule has 2 rings (SSSR count). The first-order valence-corrected chi connectivity index (χ1v) is 6.00. The molecule has 0 aliphatic carbocycles. The van der Waals surface area contributed by atoms with E-state index in [-0.39, 0.29) is 11.9 Å². The van der Waals surface area contributed by atoms with Gasteiger partial charge in [0.05, 0.1) is 6.20 Å². The molecule has 19 heavy (non-hydrogen) atoms. The largest absolute Gasteiger partial charge is 0.382 e. The van der Waals surface area contributed by atoms with Gasteiger partial charge >= 0.3 is 0 Å². The summed E-state index contributed by atoms with van der Waals surface area (Å²) < 4.78 is 3.28. The molecule has 1 unspecified atom stereocenters. The molecule has 0 aliphatic rings. The second-order valence-electron chi connectivity index (χ2n) is 4.61. The van der Waals surface area contributed by atoms with E-state index in [0.717, 1.165) is 5.56 Å². The number of aryl methyl sites for hydroxylation is 1. The van der Waals surface area contributed by atoms with Crippen molar-refractivity contribution in [3.63, 3.8) is 0 Å². The number of hydrogen-bond acceptors (Lipinski definition) is 4. The van der Waals surface area contributed by atoms with E-state index in [1.165, 1.54) is 0 Å². The highest BCUT2D eigenvalue weighted by molar-refractivity contribution is 5.79. The predicted molar refractivity (Wildman–Crippen MR) is 71.0 cm³/mol. The van der Waals surface area contributed by atoms with Gasteiger partial charge in [-0.25, -0.2) is 0 Å². The first-order valence-electron chi connectivity index (χ1n) is 6.00. The maximum atomic E-state index is 12.3. The van der Waals surface area contributed by atoms with Crippen LogP contribution in [0.1, 0.15) is 18.5 Å². The third kappa shape index (κ3) is 2.93. The molecule has 2 N–H and O–H groups in total. The normalized spacial score (nSPS) is 12.4. The van der Waals surface area contributed by atoms with Gasteiger partial charge in [0, 0.05) is 38.6 Å². The van der Waals surface area contributed by atoms with Crippen LogP contribution < -0.4 is 5.73 Å². The first kappa shape index (κ1) is 13.1. The summed E-state index contributed by atoms with van der Waals surface area (Å²) in [5.41, 5.74) is 6.54. The Labute approximate surface area is 111 Å².